The number of allylic oxidation sites excluding steroid dienone is 1. The van der Waals surface area contributed by atoms with Gasteiger partial charge in [0.25, 0.3) is 0 Å². The van der Waals surface area contributed by atoms with Crippen molar-refractivity contribution in [2.45, 2.75) is 32.1 Å². The van der Waals surface area contributed by atoms with Crippen molar-refractivity contribution in [3.63, 3.8) is 0 Å². The van der Waals surface area contributed by atoms with Crippen molar-refractivity contribution < 1.29 is 14.3 Å². The number of esters is 1. The molecule has 1 atom stereocenters. The van der Waals surface area contributed by atoms with Crippen LogP contribution in [0.3, 0.4) is 0 Å². The molecule has 6 heteroatoms. The summed E-state index contributed by atoms with van der Waals surface area (Å²) in [6, 6.07) is 10.2. The number of thioether (sulfide) groups is 1. The maximum Gasteiger partial charge on any atom is 0.316 e. The molecule has 1 amide bonds. The zero-order chi connectivity index (χ0) is 17.7. The van der Waals surface area contributed by atoms with Crippen molar-refractivity contribution in [3.8, 4) is 6.07 Å². The smallest absolute Gasteiger partial charge is 0.316 e. The number of amides is 1. The van der Waals surface area contributed by atoms with E-state index in [1.165, 1.54) is 12.7 Å². The number of hydrogen-bond acceptors (Lipinski definition) is 5. The third kappa shape index (κ3) is 4.18. The number of benzene rings is 1. The minimum absolute atomic E-state index is 0.0519. The van der Waals surface area contributed by atoms with Crippen LogP contribution >= 0.6 is 11.8 Å². The van der Waals surface area contributed by atoms with Crippen LogP contribution in [0.15, 0.2) is 34.9 Å². The van der Waals surface area contributed by atoms with Crippen molar-refractivity contribution in [1.29, 1.82) is 5.26 Å². The third-order valence-corrected chi connectivity index (χ3v) is 4.91. The van der Waals surface area contributed by atoms with Gasteiger partial charge in [0.1, 0.15) is 0 Å². The van der Waals surface area contributed by atoms with Gasteiger partial charge < -0.3 is 10.1 Å². The van der Waals surface area contributed by atoms with Crippen LogP contribution in [0, 0.1) is 11.3 Å². The van der Waals surface area contributed by atoms with Crippen LogP contribution < -0.4 is 5.32 Å². The van der Waals surface area contributed by atoms with Crippen LogP contribution in [0.1, 0.15) is 43.2 Å². The number of nitrogens with zero attached hydrogens (tertiary/aromatic N) is 1. The van der Waals surface area contributed by atoms with Crippen LogP contribution in [0.2, 0.25) is 0 Å². The molecular formula is C18H20N2O3S. The monoisotopic (exact) mass is 344 g/mol. The first-order valence-electron chi connectivity index (χ1n) is 7.69. The van der Waals surface area contributed by atoms with Gasteiger partial charge in [0.05, 0.1) is 29.5 Å². The molecule has 0 aliphatic carbocycles. The molecule has 0 saturated heterocycles. The van der Waals surface area contributed by atoms with Crippen molar-refractivity contribution >= 4 is 23.6 Å². The van der Waals surface area contributed by atoms with E-state index < -0.39 is 5.97 Å². The Labute approximate surface area is 146 Å². The van der Waals surface area contributed by atoms with Crippen molar-refractivity contribution in [1.82, 2.24) is 5.32 Å². The fraction of sp³-hybridized carbons (Fsp3) is 0.389. The molecule has 1 aliphatic rings. The van der Waals surface area contributed by atoms with E-state index in [1.54, 1.807) is 0 Å². The van der Waals surface area contributed by atoms with Crippen LogP contribution in [-0.4, -0.2) is 24.7 Å². The quantitative estimate of drug-likeness (QED) is 0.831. The highest BCUT2D eigenvalue weighted by molar-refractivity contribution is 8.03. The second-order valence-corrected chi connectivity index (χ2v) is 6.83. The first kappa shape index (κ1) is 18.1. The lowest BCUT2D eigenvalue weighted by Crippen LogP contribution is -2.31. The summed E-state index contributed by atoms with van der Waals surface area (Å²) < 4.78 is 4.61. The van der Waals surface area contributed by atoms with Gasteiger partial charge in [0.2, 0.25) is 5.91 Å². The first-order chi connectivity index (χ1) is 11.5. The highest BCUT2D eigenvalue weighted by Gasteiger charge is 2.29. The SMILES string of the molecule is COC(=O)CSC1=C(C#N)[C@H](c2ccc(C(C)C)cc2)CC(=O)N1. The molecule has 1 aromatic rings. The minimum Gasteiger partial charge on any atom is -0.468 e. The molecular weight excluding hydrogens is 324 g/mol. The second-order valence-electron chi connectivity index (χ2n) is 5.85. The Hall–Kier alpha value is -2.26. The van der Waals surface area contributed by atoms with E-state index in [2.05, 4.69) is 30.0 Å². The summed E-state index contributed by atoms with van der Waals surface area (Å²) in [5.41, 5.74) is 2.63. The molecule has 2 rings (SSSR count). The van der Waals surface area contributed by atoms with Gasteiger partial charge in [0, 0.05) is 12.3 Å². The standard InChI is InChI=1S/C18H20N2O3S/c1-11(2)12-4-6-13(7-5-12)14-8-16(21)20-18(15(14)9-19)24-10-17(22)23-3/h4-7,11,14H,8,10H2,1-3H3,(H,20,21)/t14-/m0/s1. The van der Waals surface area contributed by atoms with E-state index in [0.29, 0.717) is 16.5 Å². The van der Waals surface area contributed by atoms with Gasteiger partial charge in [0.15, 0.2) is 0 Å². The molecule has 1 aliphatic heterocycles. The Bertz CT molecular complexity index is 702. The summed E-state index contributed by atoms with van der Waals surface area (Å²) in [6.07, 6.45) is 0.228. The van der Waals surface area contributed by atoms with Gasteiger partial charge in [-0.15, -0.1) is 0 Å². The molecule has 5 nitrogen and oxygen atoms in total. The number of hydrogen-bond donors (Lipinski definition) is 1. The molecule has 0 bridgehead atoms. The van der Waals surface area contributed by atoms with Crippen molar-refractivity contribution in [2.75, 3.05) is 12.9 Å². The summed E-state index contributed by atoms with van der Waals surface area (Å²) in [4.78, 5) is 23.3. The zero-order valence-electron chi connectivity index (χ0n) is 14.0. The normalized spacial score (nSPS) is 17.5. The maximum absolute atomic E-state index is 12.0. The van der Waals surface area contributed by atoms with Crippen LogP contribution in [0.5, 0.6) is 0 Å². The Balaban J connectivity index is 2.31. The highest BCUT2D eigenvalue weighted by Crippen LogP contribution is 2.36. The van der Waals surface area contributed by atoms with Gasteiger partial charge in [-0.2, -0.15) is 5.26 Å². The van der Waals surface area contributed by atoms with E-state index in [4.69, 9.17) is 0 Å². The molecule has 1 N–H and O–H groups in total. The molecule has 126 valence electrons. The predicted octanol–water partition coefficient (Wildman–Crippen LogP) is 3.05. The number of carbonyl (C=O) groups excluding carboxylic acids is 2. The minimum atomic E-state index is -0.401. The van der Waals surface area contributed by atoms with Crippen molar-refractivity contribution in [3.05, 3.63) is 46.0 Å². The molecule has 0 aromatic heterocycles. The molecule has 0 fully saturated rings. The summed E-state index contributed by atoms with van der Waals surface area (Å²) in [6.45, 7) is 4.23. The number of nitriles is 1. The molecule has 0 saturated carbocycles. The van der Waals surface area contributed by atoms with Crippen molar-refractivity contribution in [2.24, 2.45) is 0 Å². The van der Waals surface area contributed by atoms with Crippen LogP contribution in [0.25, 0.3) is 0 Å². The summed E-state index contributed by atoms with van der Waals surface area (Å²) in [7, 11) is 1.31. The molecule has 0 spiro atoms. The van der Waals surface area contributed by atoms with E-state index in [-0.39, 0.29) is 24.0 Å². The fourth-order valence-corrected chi connectivity index (χ4v) is 3.43. The summed E-state index contributed by atoms with van der Waals surface area (Å²) in [5, 5.41) is 12.7. The molecule has 1 aromatic carbocycles. The summed E-state index contributed by atoms with van der Waals surface area (Å²) >= 11 is 1.12. The molecule has 1 heterocycles. The lowest BCUT2D eigenvalue weighted by atomic mass is 9.86. The van der Waals surface area contributed by atoms with Gasteiger partial charge in [-0.25, -0.2) is 0 Å². The topological polar surface area (TPSA) is 79.2 Å². The lowest BCUT2D eigenvalue weighted by molar-refractivity contribution is -0.137. The number of rotatable bonds is 5. The van der Waals surface area contributed by atoms with Gasteiger partial charge in [-0.3, -0.25) is 9.59 Å². The van der Waals surface area contributed by atoms with Crippen LogP contribution in [0.4, 0.5) is 0 Å². The average molecular weight is 344 g/mol. The van der Waals surface area contributed by atoms with E-state index in [1.807, 2.05) is 24.3 Å². The second kappa shape index (κ2) is 8.02. The van der Waals surface area contributed by atoms with Gasteiger partial charge >= 0.3 is 5.97 Å². The molecule has 24 heavy (non-hydrogen) atoms. The molecule has 0 unspecified atom stereocenters. The Morgan fingerprint density at radius 3 is 2.62 bits per heavy atom. The Morgan fingerprint density at radius 2 is 2.08 bits per heavy atom. The Morgan fingerprint density at radius 1 is 1.42 bits per heavy atom. The zero-order valence-corrected chi connectivity index (χ0v) is 14.8. The number of ether oxygens (including phenoxy) is 1. The largest absolute Gasteiger partial charge is 0.468 e. The average Bonchev–Trinajstić information content (AvgIpc) is 2.59. The molecule has 0 radical (unpaired) electrons. The highest BCUT2D eigenvalue weighted by atomic mass is 32.2. The first-order valence-corrected chi connectivity index (χ1v) is 8.68. The van der Waals surface area contributed by atoms with Gasteiger partial charge in [-0.1, -0.05) is 49.9 Å². The lowest BCUT2D eigenvalue weighted by Gasteiger charge is -2.25. The van der Waals surface area contributed by atoms with Gasteiger partial charge in [-0.05, 0) is 17.0 Å². The predicted molar refractivity (Wildman–Crippen MR) is 93.1 cm³/mol. The van der Waals surface area contributed by atoms with Crippen LogP contribution in [-0.2, 0) is 14.3 Å². The summed E-state index contributed by atoms with van der Waals surface area (Å²) in [5.74, 6) is -0.367. The number of nitrogens with one attached hydrogen (secondary N) is 1. The van der Waals surface area contributed by atoms with E-state index in [9.17, 15) is 14.9 Å². The third-order valence-electron chi connectivity index (χ3n) is 3.92. The van der Waals surface area contributed by atoms with E-state index in [0.717, 1.165) is 17.3 Å². The van der Waals surface area contributed by atoms with E-state index >= 15 is 0 Å². The number of methoxy groups -OCH3 is 1. The number of carbonyl (C=O) groups is 2. The fourth-order valence-electron chi connectivity index (χ4n) is 2.52. The Kier molecular flexibility index (Phi) is 6.04. The maximum atomic E-state index is 12.0.